The molecular weight excluding hydrogens is 462 g/mol. The fraction of sp³-hybridized carbons (Fsp3) is 0.111. The predicted octanol–water partition coefficient (Wildman–Crippen LogP) is 4.55. The Morgan fingerprint density at radius 2 is 2.00 bits per heavy atom. The summed E-state index contributed by atoms with van der Waals surface area (Å²) >= 11 is 2.32. The maximum Gasteiger partial charge on any atom is 0.316 e. The van der Waals surface area contributed by atoms with Crippen LogP contribution in [0.2, 0.25) is 0 Å². The van der Waals surface area contributed by atoms with Crippen molar-refractivity contribution >= 4 is 48.9 Å². The highest BCUT2D eigenvalue weighted by Crippen LogP contribution is 2.29. The van der Waals surface area contributed by atoms with Crippen molar-refractivity contribution in [1.29, 1.82) is 0 Å². The Bertz CT molecular complexity index is 1060. The number of benzene rings is 2. The van der Waals surface area contributed by atoms with Crippen LogP contribution in [0.1, 0.15) is 5.56 Å². The summed E-state index contributed by atoms with van der Waals surface area (Å²) in [6.45, 7) is 0.596. The van der Waals surface area contributed by atoms with Crippen LogP contribution >= 0.6 is 32.0 Å². The van der Waals surface area contributed by atoms with E-state index in [2.05, 4.69) is 65.8 Å². The Hall–Kier alpha value is -2.12. The maximum atomic E-state index is 5.76. The molecule has 4 aromatic rings. The third-order valence-electron chi connectivity index (χ3n) is 4.06. The molecule has 26 heavy (non-hydrogen) atoms. The second kappa shape index (κ2) is 7.25. The first-order valence-corrected chi connectivity index (χ1v) is 9.50. The SMILES string of the molecule is COc1ccc(CNc2nnc(-c3ccc4c(c3)c(I)cn4P)o2)cc1. The molecule has 0 fully saturated rings. The Labute approximate surface area is 166 Å². The molecule has 0 aliphatic rings. The molecule has 0 amide bonds. The van der Waals surface area contributed by atoms with E-state index in [1.165, 1.54) is 3.57 Å². The standard InChI is InChI=1S/C18H16IN4O2P/c1-24-13-5-2-11(3-6-13)9-20-18-22-21-17(25-18)12-4-7-16-14(8-12)15(19)10-23(16)26/h2-8,10H,9,26H2,1H3,(H,20,22). The number of rotatable bonds is 5. The normalized spacial score (nSPS) is 11.0. The lowest BCUT2D eigenvalue weighted by molar-refractivity contribution is 0.414. The predicted molar refractivity (Wildman–Crippen MR) is 113 cm³/mol. The summed E-state index contributed by atoms with van der Waals surface area (Å²) < 4.78 is 14.1. The number of nitrogens with zero attached hydrogens (tertiary/aromatic N) is 3. The minimum absolute atomic E-state index is 0.397. The summed E-state index contributed by atoms with van der Waals surface area (Å²) in [5.74, 6) is 1.33. The van der Waals surface area contributed by atoms with Gasteiger partial charge < -0.3 is 18.8 Å². The van der Waals surface area contributed by atoms with Crippen LogP contribution in [0.3, 0.4) is 0 Å². The average Bonchev–Trinajstić information content (AvgIpc) is 3.25. The number of ether oxygens (including phenoxy) is 1. The van der Waals surface area contributed by atoms with Gasteiger partial charge in [-0.3, -0.25) is 0 Å². The molecule has 2 heterocycles. The summed E-state index contributed by atoms with van der Waals surface area (Å²) in [7, 11) is 4.34. The van der Waals surface area contributed by atoms with Gasteiger partial charge in [-0.25, -0.2) is 0 Å². The van der Waals surface area contributed by atoms with Crippen LogP contribution in [0.15, 0.2) is 53.1 Å². The van der Waals surface area contributed by atoms with E-state index < -0.39 is 0 Å². The molecule has 8 heteroatoms. The lowest BCUT2D eigenvalue weighted by atomic mass is 10.1. The number of nitrogens with one attached hydrogen (secondary N) is 1. The maximum absolute atomic E-state index is 5.76. The first kappa shape index (κ1) is 17.3. The zero-order valence-corrected chi connectivity index (χ0v) is 17.3. The average molecular weight is 478 g/mol. The lowest BCUT2D eigenvalue weighted by Crippen LogP contribution is -1.99. The Kier molecular flexibility index (Phi) is 4.82. The lowest BCUT2D eigenvalue weighted by Gasteiger charge is -2.03. The van der Waals surface area contributed by atoms with Gasteiger partial charge in [-0.05, 0) is 67.9 Å². The van der Waals surface area contributed by atoms with Crippen molar-refractivity contribution in [2.24, 2.45) is 0 Å². The molecule has 1 unspecified atom stereocenters. The molecule has 2 aromatic carbocycles. The van der Waals surface area contributed by atoms with Crippen LogP contribution in [0.4, 0.5) is 6.01 Å². The highest BCUT2D eigenvalue weighted by atomic mass is 127. The first-order valence-electron chi connectivity index (χ1n) is 7.90. The van der Waals surface area contributed by atoms with Crippen molar-refractivity contribution < 1.29 is 9.15 Å². The van der Waals surface area contributed by atoms with E-state index in [0.29, 0.717) is 18.5 Å². The first-order chi connectivity index (χ1) is 12.6. The van der Waals surface area contributed by atoms with Gasteiger partial charge in [0.2, 0.25) is 5.89 Å². The van der Waals surface area contributed by atoms with E-state index in [4.69, 9.17) is 9.15 Å². The van der Waals surface area contributed by atoms with Crippen molar-refractivity contribution in [1.82, 2.24) is 14.5 Å². The van der Waals surface area contributed by atoms with Crippen molar-refractivity contribution in [3.05, 3.63) is 57.8 Å². The van der Waals surface area contributed by atoms with Crippen LogP contribution in [-0.2, 0) is 6.54 Å². The number of hydrogen-bond donors (Lipinski definition) is 1. The van der Waals surface area contributed by atoms with Gasteiger partial charge in [0.25, 0.3) is 0 Å². The van der Waals surface area contributed by atoms with Gasteiger partial charge in [0.1, 0.15) is 5.75 Å². The van der Waals surface area contributed by atoms with Crippen molar-refractivity contribution in [2.45, 2.75) is 6.54 Å². The monoisotopic (exact) mass is 478 g/mol. The Balaban J connectivity index is 1.51. The highest BCUT2D eigenvalue weighted by molar-refractivity contribution is 14.1. The summed E-state index contributed by atoms with van der Waals surface area (Å²) in [6.07, 6.45) is 2.06. The Morgan fingerprint density at radius 3 is 2.77 bits per heavy atom. The molecule has 0 spiro atoms. The van der Waals surface area contributed by atoms with Crippen molar-refractivity contribution in [2.75, 3.05) is 12.4 Å². The topological polar surface area (TPSA) is 65.1 Å². The van der Waals surface area contributed by atoms with E-state index in [9.17, 15) is 0 Å². The van der Waals surface area contributed by atoms with Gasteiger partial charge in [0, 0.05) is 27.3 Å². The van der Waals surface area contributed by atoms with Crippen LogP contribution in [0.5, 0.6) is 5.75 Å². The molecule has 4 rings (SSSR count). The van der Waals surface area contributed by atoms with E-state index >= 15 is 0 Å². The second-order valence-electron chi connectivity index (χ2n) is 5.73. The van der Waals surface area contributed by atoms with Gasteiger partial charge in [0.05, 0.1) is 12.6 Å². The Morgan fingerprint density at radius 1 is 1.19 bits per heavy atom. The minimum Gasteiger partial charge on any atom is -0.497 e. The molecule has 2 aromatic heterocycles. The summed E-state index contributed by atoms with van der Waals surface area (Å²) in [4.78, 5) is 0. The van der Waals surface area contributed by atoms with Crippen LogP contribution in [0, 0.1) is 3.57 Å². The highest BCUT2D eigenvalue weighted by Gasteiger charge is 2.11. The number of hydrogen-bond acceptors (Lipinski definition) is 5. The quantitative estimate of drug-likeness (QED) is 0.337. The van der Waals surface area contributed by atoms with Gasteiger partial charge in [-0.1, -0.05) is 17.2 Å². The van der Waals surface area contributed by atoms with E-state index in [1.807, 2.05) is 34.7 Å². The minimum atomic E-state index is 0.397. The molecule has 0 saturated heterocycles. The number of anilines is 1. The van der Waals surface area contributed by atoms with Crippen molar-refractivity contribution in [3.63, 3.8) is 0 Å². The zero-order valence-electron chi connectivity index (χ0n) is 13.9. The summed E-state index contributed by atoms with van der Waals surface area (Å²) in [5, 5.41) is 12.5. The molecule has 0 radical (unpaired) electrons. The number of fused-ring (bicyclic) bond motifs is 1. The third-order valence-corrected chi connectivity index (χ3v) is 5.35. The fourth-order valence-electron chi connectivity index (χ4n) is 2.68. The summed E-state index contributed by atoms with van der Waals surface area (Å²) in [5.41, 5.74) is 3.14. The van der Waals surface area contributed by atoms with E-state index in [0.717, 1.165) is 27.8 Å². The van der Waals surface area contributed by atoms with Crippen LogP contribution < -0.4 is 10.1 Å². The molecule has 0 bridgehead atoms. The van der Waals surface area contributed by atoms with Gasteiger partial charge in [-0.15, -0.1) is 5.10 Å². The number of methoxy groups -OCH3 is 1. The van der Waals surface area contributed by atoms with Gasteiger partial charge in [0.15, 0.2) is 0 Å². The molecule has 1 atom stereocenters. The molecule has 0 saturated carbocycles. The largest absolute Gasteiger partial charge is 0.497 e. The summed E-state index contributed by atoms with van der Waals surface area (Å²) in [6, 6.07) is 14.3. The van der Waals surface area contributed by atoms with Crippen LogP contribution in [0.25, 0.3) is 22.4 Å². The van der Waals surface area contributed by atoms with Crippen LogP contribution in [-0.4, -0.2) is 21.6 Å². The van der Waals surface area contributed by atoms with Gasteiger partial charge >= 0.3 is 6.01 Å². The third kappa shape index (κ3) is 3.41. The van der Waals surface area contributed by atoms with Crippen molar-refractivity contribution in [3.8, 4) is 17.2 Å². The van der Waals surface area contributed by atoms with E-state index in [-0.39, 0.29) is 0 Å². The molecule has 0 aliphatic carbocycles. The molecule has 132 valence electrons. The molecular formula is C18H16IN4O2P. The zero-order chi connectivity index (χ0) is 18.1. The number of aromatic nitrogens is 3. The van der Waals surface area contributed by atoms with E-state index in [1.54, 1.807) is 7.11 Å². The number of halogens is 1. The van der Waals surface area contributed by atoms with Gasteiger partial charge in [-0.2, -0.15) is 0 Å². The fourth-order valence-corrected chi connectivity index (χ4v) is 4.09. The smallest absolute Gasteiger partial charge is 0.316 e. The molecule has 1 N–H and O–H groups in total. The second-order valence-corrected chi connectivity index (χ2v) is 7.45. The molecule has 0 aliphatic heterocycles. The molecule has 6 nitrogen and oxygen atoms in total.